The molecule has 5 heteroatoms. The molecule has 0 unspecified atom stereocenters. The molecule has 0 aliphatic rings. The van der Waals surface area contributed by atoms with Gasteiger partial charge in [-0.05, 0) is 75.8 Å². The molecule has 11 aromatic rings. The highest BCUT2D eigenvalue weighted by Crippen LogP contribution is 2.41. The molecule has 4 heterocycles. The highest BCUT2D eigenvalue weighted by molar-refractivity contribution is 7.17. The van der Waals surface area contributed by atoms with Gasteiger partial charge in [0.2, 0.25) is 5.95 Å². The van der Waals surface area contributed by atoms with E-state index in [0.29, 0.717) is 5.95 Å². The number of hydrogen-bond donors (Lipinski definition) is 0. The third-order valence-corrected chi connectivity index (χ3v) is 11.1. The van der Waals surface area contributed by atoms with Crippen LogP contribution in [0.5, 0.6) is 0 Å². The first-order valence-electron chi connectivity index (χ1n) is 17.2. The maximum absolute atomic E-state index is 5.30. The van der Waals surface area contributed by atoms with Crippen LogP contribution in [0.1, 0.15) is 0 Å². The van der Waals surface area contributed by atoms with E-state index in [1.54, 1.807) is 11.3 Å². The van der Waals surface area contributed by atoms with Gasteiger partial charge in [0.15, 0.2) is 0 Å². The minimum Gasteiger partial charge on any atom is -0.309 e. The topological polar surface area (TPSA) is 35.6 Å². The Morgan fingerprint density at radius 2 is 1.12 bits per heavy atom. The van der Waals surface area contributed by atoms with Gasteiger partial charge >= 0.3 is 0 Å². The number of fused-ring (bicyclic) bond motifs is 9. The average Bonchev–Trinajstić information content (AvgIpc) is 3.90. The van der Waals surface area contributed by atoms with E-state index in [1.807, 2.05) is 6.07 Å². The molecule has 0 saturated heterocycles. The van der Waals surface area contributed by atoms with Crippen LogP contribution in [0.3, 0.4) is 0 Å². The maximum Gasteiger partial charge on any atom is 0.235 e. The average molecular weight is 669 g/mol. The van der Waals surface area contributed by atoms with E-state index in [9.17, 15) is 0 Å². The van der Waals surface area contributed by atoms with Gasteiger partial charge in [0, 0.05) is 32.8 Å². The second-order valence-electron chi connectivity index (χ2n) is 13.0. The van der Waals surface area contributed by atoms with Crippen LogP contribution in [0.2, 0.25) is 0 Å². The SMILES string of the molecule is c1ccc(-c2nc(-n3c4ccc(-c5ccc6c7ccccc7n(-c7ccccc7)c6c5)cc4c4c5ccccc5ccc43)nc3ccsc23)cc1. The van der Waals surface area contributed by atoms with E-state index in [2.05, 4.69) is 172 Å². The molecule has 0 atom stereocenters. The lowest BCUT2D eigenvalue weighted by Gasteiger charge is -2.10. The van der Waals surface area contributed by atoms with Crippen LogP contribution in [-0.2, 0) is 0 Å². The van der Waals surface area contributed by atoms with Gasteiger partial charge in [0.05, 0.1) is 38.0 Å². The van der Waals surface area contributed by atoms with Gasteiger partial charge in [0.1, 0.15) is 0 Å². The molecule has 0 fully saturated rings. The van der Waals surface area contributed by atoms with Crippen molar-refractivity contribution in [1.29, 1.82) is 0 Å². The third kappa shape index (κ3) is 4.25. The van der Waals surface area contributed by atoms with E-state index in [-0.39, 0.29) is 0 Å². The summed E-state index contributed by atoms with van der Waals surface area (Å²) in [6.45, 7) is 0. The number of rotatable bonds is 4. The van der Waals surface area contributed by atoms with Crippen LogP contribution in [0.4, 0.5) is 0 Å². The third-order valence-electron chi connectivity index (χ3n) is 10.2. The largest absolute Gasteiger partial charge is 0.309 e. The van der Waals surface area contributed by atoms with Crippen LogP contribution >= 0.6 is 11.3 Å². The fourth-order valence-corrected chi connectivity index (χ4v) is 8.78. The standard InChI is InChI=1S/C46H28N4S/c1-3-12-30(13-4-1)44-45-38(25-26-51-45)47-46(48-44)50-40-23-21-31(27-37(40)43-34-16-8-7-11-29(34)20-24-41(43)50)32-19-22-36-35-17-9-10-18-39(35)49(42(36)28-32)33-14-5-2-6-15-33/h1-28H. The van der Waals surface area contributed by atoms with E-state index in [4.69, 9.17) is 9.97 Å². The van der Waals surface area contributed by atoms with Crippen molar-refractivity contribution in [3.63, 3.8) is 0 Å². The van der Waals surface area contributed by atoms with Gasteiger partial charge in [-0.15, -0.1) is 11.3 Å². The summed E-state index contributed by atoms with van der Waals surface area (Å²) in [6.07, 6.45) is 0. The smallest absolute Gasteiger partial charge is 0.235 e. The van der Waals surface area contributed by atoms with Gasteiger partial charge in [-0.3, -0.25) is 4.57 Å². The Morgan fingerprint density at radius 1 is 0.431 bits per heavy atom. The molecule has 4 aromatic heterocycles. The molecule has 0 amide bonds. The zero-order valence-electron chi connectivity index (χ0n) is 27.4. The highest BCUT2D eigenvalue weighted by Gasteiger charge is 2.20. The number of benzene rings is 7. The summed E-state index contributed by atoms with van der Waals surface area (Å²) in [4.78, 5) is 10.5. The van der Waals surface area contributed by atoms with Crippen LogP contribution in [0, 0.1) is 0 Å². The summed E-state index contributed by atoms with van der Waals surface area (Å²) in [5.74, 6) is 0.677. The first kappa shape index (κ1) is 28.3. The van der Waals surface area contributed by atoms with Crippen molar-refractivity contribution in [2.24, 2.45) is 0 Å². The molecule has 51 heavy (non-hydrogen) atoms. The van der Waals surface area contributed by atoms with Gasteiger partial charge in [-0.2, -0.15) is 0 Å². The van der Waals surface area contributed by atoms with Crippen molar-refractivity contribution < 1.29 is 0 Å². The van der Waals surface area contributed by atoms with Crippen LogP contribution in [0.25, 0.3) is 98.6 Å². The van der Waals surface area contributed by atoms with E-state index in [1.165, 1.54) is 54.5 Å². The molecule has 0 N–H and O–H groups in total. The van der Waals surface area contributed by atoms with Crippen molar-refractivity contribution in [3.8, 4) is 34.0 Å². The van der Waals surface area contributed by atoms with Crippen molar-refractivity contribution in [1.82, 2.24) is 19.1 Å². The van der Waals surface area contributed by atoms with Crippen LogP contribution in [-0.4, -0.2) is 19.1 Å². The lowest BCUT2D eigenvalue weighted by Crippen LogP contribution is -2.02. The summed E-state index contributed by atoms with van der Waals surface area (Å²) >= 11 is 1.69. The molecule has 0 saturated carbocycles. The monoisotopic (exact) mass is 668 g/mol. The Bertz CT molecular complexity index is 3130. The van der Waals surface area contributed by atoms with E-state index < -0.39 is 0 Å². The molecule has 0 spiro atoms. The Balaban J connectivity index is 1.18. The zero-order valence-corrected chi connectivity index (χ0v) is 28.2. The highest BCUT2D eigenvalue weighted by atomic mass is 32.1. The van der Waals surface area contributed by atoms with Crippen LogP contribution in [0.15, 0.2) is 169 Å². The predicted octanol–water partition coefficient (Wildman–Crippen LogP) is 12.4. The quantitative estimate of drug-likeness (QED) is 0.187. The number of thiophene rings is 1. The Labute approximate surface area is 297 Å². The summed E-state index contributed by atoms with van der Waals surface area (Å²) in [7, 11) is 0. The molecular weight excluding hydrogens is 641 g/mol. The van der Waals surface area contributed by atoms with E-state index >= 15 is 0 Å². The van der Waals surface area contributed by atoms with Gasteiger partial charge in [-0.1, -0.05) is 115 Å². The number of para-hydroxylation sites is 2. The molecule has 238 valence electrons. The second kappa shape index (κ2) is 11.0. The first-order valence-corrected chi connectivity index (χ1v) is 18.0. The number of hydrogen-bond acceptors (Lipinski definition) is 3. The summed E-state index contributed by atoms with van der Waals surface area (Å²) < 4.78 is 5.73. The Kier molecular flexibility index (Phi) is 6.09. The van der Waals surface area contributed by atoms with E-state index in [0.717, 1.165) is 38.2 Å². The molecule has 11 rings (SSSR count). The second-order valence-corrected chi connectivity index (χ2v) is 14.0. The number of nitrogens with zero attached hydrogens (tertiary/aromatic N) is 4. The molecule has 4 nitrogen and oxygen atoms in total. The van der Waals surface area contributed by atoms with Crippen molar-refractivity contribution in [3.05, 3.63) is 169 Å². The van der Waals surface area contributed by atoms with Crippen molar-refractivity contribution >= 4 is 75.9 Å². The van der Waals surface area contributed by atoms with Crippen molar-refractivity contribution in [2.75, 3.05) is 0 Å². The maximum atomic E-state index is 5.30. The Hall–Kier alpha value is -6.56. The molecule has 0 bridgehead atoms. The minimum absolute atomic E-state index is 0.677. The Morgan fingerprint density at radius 3 is 2.00 bits per heavy atom. The normalized spacial score (nSPS) is 11.9. The molecular formula is C46H28N4S. The predicted molar refractivity (Wildman–Crippen MR) is 214 cm³/mol. The molecule has 0 aliphatic carbocycles. The fourth-order valence-electron chi connectivity index (χ4n) is 7.93. The number of aromatic nitrogens is 4. The minimum atomic E-state index is 0.677. The van der Waals surface area contributed by atoms with Gasteiger partial charge < -0.3 is 4.57 Å². The molecule has 7 aromatic carbocycles. The fraction of sp³-hybridized carbons (Fsp3) is 0. The van der Waals surface area contributed by atoms with Gasteiger partial charge in [-0.25, -0.2) is 9.97 Å². The lowest BCUT2D eigenvalue weighted by atomic mass is 9.99. The zero-order chi connectivity index (χ0) is 33.5. The molecule has 0 radical (unpaired) electrons. The lowest BCUT2D eigenvalue weighted by molar-refractivity contribution is 1.02. The van der Waals surface area contributed by atoms with Crippen LogP contribution < -0.4 is 0 Å². The summed E-state index contributed by atoms with van der Waals surface area (Å²) in [5, 5.41) is 9.42. The van der Waals surface area contributed by atoms with Gasteiger partial charge in [0.25, 0.3) is 0 Å². The van der Waals surface area contributed by atoms with Crippen molar-refractivity contribution in [2.45, 2.75) is 0 Å². The summed E-state index contributed by atoms with van der Waals surface area (Å²) in [5.41, 5.74) is 11.1. The first-order chi connectivity index (χ1) is 25.3. The summed E-state index contributed by atoms with van der Waals surface area (Å²) in [6, 6.07) is 58.8. The molecule has 0 aliphatic heterocycles.